The minimum atomic E-state index is 0.416. The third kappa shape index (κ3) is 10.1. The van der Waals surface area contributed by atoms with Gasteiger partial charge in [0, 0.05) is 12.6 Å². The van der Waals surface area contributed by atoms with Crippen molar-refractivity contribution >= 4 is 17.7 Å². The highest BCUT2D eigenvalue weighted by molar-refractivity contribution is 7.99. The summed E-state index contributed by atoms with van der Waals surface area (Å²) in [7, 11) is 0. The number of nitrogens with one attached hydrogen (secondary N) is 1. The van der Waals surface area contributed by atoms with Crippen molar-refractivity contribution in [2.75, 3.05) is 18.1 Å². The number of aliphatic imine (C=N–C) groups is 1. The summed E-state index contributed by atoms with van der Waals surface area (Å²) in [4.78, 5) is 4.30. The van der Waals surface area contributed by atoms with Crippen LogP contribution in [-0.2, 0) is 0 Å². The van der Waals surface area contributed by atoms with Crippen LogP contribution in [0.25, 0.3) is 0 Å². The molecule has 4 heteroatoms. The van der Waals surface area contributed by atoms with E-state index in [2.05, 4.69) is 38.0 Å². The maximum absolute atomic E-state index is 5.75. The smallest absolute Gasteiger partial charge is 0.188 e. The number of nitrogens with two attached hydrogens (primary N) is 1. The predicted octanol–water partition coefficient (Wildman–Crippen LogP) is 2.47. The van der Waals surface area contributed by atoms with E-state index in [0.717, 1.165) is 25.3 Å². The molecular formula is C12H27N3S. The summed E-state index contributed by atoms with van der Waals surface area (Å²) in [6.45, 7) is 9.58. The van der Waals surface area contributed by atoms with Gasteiger partial charge in [0.25, 0.3) is 0 Å². The zero-order valence-electron chi connectivity index (χ0n) is 11.1. The lowest BCUT2D eigenvalue weighted by Crippen LogP contribution is -2.38. The molecule has 1 unspecified atom stereocenters. The lowest BCUT2D eigenvalue weighted by Gasteiger charge is -2.11. The van der Waals surface area contributed by atoms with Crippen molar-refractivity contribution in [3.05, 3.63) is 0 Å². The Morgan fingerprint density at radius 2 is 2.06 bits per heavy atom. The molecule has 3 nitrogen and oxygen atoms in total. The Morgan fingerprint density at radius 1 is 1.38 bits per heavy atom. The molecular weight excluding hydrogens is 218 g/mol. The van der Waals surface area contributed by atoms with Crippen molar-refractivity contribution < 1.29 is 0 Å². The highest BCUT2D eigenvalue weighted by atomic mass is 32.2. The van der Waals surface area contributed by atoms with Crippen LogP contribution in [0.2, 0.25) is 0 Å². The van der Waals surface area contributed by atoms with Crippen molar-refractivity contribution in [1.29, 1.82) is 0 Å². The van der Waals surface area contributed by atoms with Gasteiger partial charge >= 0.3 is 0 Å². The molecule has 0 radical (unpaired) electrons. The van der Waals surface area contributed by atoms with Crippen molar-refractivity contribution in [2.45, 2.75) is 46.6 Å². The van der Waals surface area contributed by atoms with E-state index in [1.54, 1.807) is 0 Å². The number of hydrogen-bond donors (Lipinski definition) is 2. The second-order valence-corrected chi connectivity index (χ2v) is 5.69. The highest BCUT2D eigenvalue weighted by Crippen LogP contribution is 2.08. The monoisotopic (exact) mass is 245 g/mol. The molecule has 0 amide bonds. The lowest BCUT2D eigenvalue weighted by atomic mass is 10.3. The van der Waals surface area contributed by atoms with Gasteiger partial charge in [-0.2, -0.15) is 11.8 Å². The molecule has 0 aliphatic rings. The van der Waals surface area contributed by atoms with Crippen LogP contribution in [0.5, 0.6) is 0 Å². The Kier molecular flexibility index (Phi) is 9.59. The Labute approximate surface area is 105 Å². The molecule has 0 saturated carbocycles. The van der Waals surface area contributed by atoms with Crippen LogP contribution < -0.4 is 11.1 Å². The van der Waals surface area contributed by atoms with Gasteiger partial charge in [0.15, 0.2) is 5.96 Å². The van der Waals surface area contributed by atoms with E-state index in [4.69, 9.17) is 5.73 Å². The fraction of sp³-hybridized carbons (Fsp3) is 0.917. The zero-order valence-corrected chi connectivity index (χ0v) is 11.9. The summed E-state index contributed by atoms with van der Waals surface area (Å²) in [6.07, 6.45) is 2.18. The molecule has 96 valence electrons. The topological polar surface area (TPSA) is 50.4 Å². The maximum Gasteiger partial charge on any atom is 0.188 e. The number of guanidine groups is 1. The lowest BCUT2D eigenvalue weighted by molar-refractivity contribution is 0.636. The molecule has 0 rings (SSSR count). The minimum absolute atomic E-state index is 0.416. The third-order valence-corrected chi connectivity index (χ3v) is 3.67. The highest BCUT2D eigenvalue weighted by Gasteiger charge is 1.98. The Hall–Kier alpha value is -0.380. The molecule has 0 bridgehead atoms. The molecule has 3 N–H and O–H groups in total. The molecule has 0 saturated heterocycles. The predicted molar refractivity (Wildman–Crippen MR) is 76.2 cm³/mol. The number of thioether (sulfide) groups is 1. The van der Waals surface area contributed by atoms with Crippen LogP contribution in [0.4, 0.5) is 0 Å². The number of nitrogens with zero attached hydrogens (tertiary/aromatic N) is 1. The zero-order chi connectivity index (χ0) is 12.4. The standard InChI is InChI=1S/C12H27N3S/c1-5-11(4)15-12(13)14-7-6-8-16-9-10(2)3/h10-11H,5-9H2,1-4H3,(H3,13,14,15). The van der Waals surface area contributed by atoms with E-state index in [1.165, 1.54) is 11.5 Å². The van der Waals surface area contributed by atoms with Gasteiger partial charge in [0.2, 0.25) is 0 Å². The first-order valence-electron chi connectivity index (χ1n) is 6.20. The molecule has 0 aromatic heterocycles. The first-order valence-corrected chi connectivity index (χ1v) is 7.35. The summed E-state index contributed by atoms with van der Waals surface area (Å²) < 4.78 is 0. The average Bonchev–Trinajstić information content (AvgIpc) is 2.22. The molecule has 0 heterocycles. The fourth-order valence-electron chi connectivity index (χ4n) is 1.09. The van der Waals surface area contributed by atoms with Gasteiger partial charge in [0.05, 0.1) is 0 Å². The fourth-order valence-corrected chi connectivity index (χ4v) is 2.06. The van der Waals surface area contributed by atoms with Crippen LogP contribution in [0.3, 0.4) is 0 Å². The van der Waals surface area contributed by atoms with Crippen molar-refractivity contribution in [3.8, 4) is 0 Å². The molecule has 0 aliphatic carbocycles. The first kappa shape index (κ1) is 15.6. The minimum Gasteiger partial charge on any atom is -0.370 e. The first-order chi connectivity index (χ1) is 7.56. The van der Waals surface area contributed by atoms with Crippen molar-refractivity contribution in [1.82, 2.24) is 5.32 Å². The summed E-state index contributed by atoms with van der Waals surface area (Å²) in [6, 6.07) is 0.416. The largest absolute Gasteiger partial charge is 0.370 e. The molecule has 0 fully saturated rings. The van der Waals surface area contributed by atoms with Gasteiger partial charge in [-0.15, -0.1) is 0 Å². The van der Waals surface area contributed by atoms with E-state index in [1.807, 2.05) is 11.8 Å². The quantitative estimate of drug-likeness (QED) is 0.392. The number of rotatable bonds is 8. The second kappa shape index (κ2) is 9.82. The van der Waals surface area contributed by atoms with Gasteiger partial charge in [-0.25, -0.2) is 0 Å². The Bertz CT molecular complexity index is 193. The van der Waals surface area contributed by atoms with E-state index < -0.39 is 0 Å². The van der Waals surface area contributed by atoms with Gasteiger partial charge in [-0.05, 0) is 37.2 Å². The van der Waals surface area contributed by atoms with Gasteiger partial charge < -0.3 is 11.1 Å². The van der Waals surface area contributed by atoms with Gasteiger partial charge in [-0.3, -0.25) is 4.99 Å². The van der Waals surface area contributed by atoms with Crippen LogP contribution >= 0.6 is 11.8 Å². The Morgan fingerprint density at radius 3 is 2.62 bits per heavy atom. The van der Waals surface area contributed by atoms with E-state index in [-0.39, 0.29) is 0 Å². The van der Waals surface area contributed by atoms with Gasteiger partial charge in [0.1, 0.15) is 0 Å². The maximum atomic E-state index is 5.75. The van der Waals surface area contributed by atoms with Crippen molar-refractivity contribution in [3.63, 3.8) is 0 Å². The summed E-state index contributed by atoms with van der Waals surface area (Å²) in [5, 5.41) is 3.16. The van der Waals surface area contributed by atoms with E-state index in [9.17, 15) is 0 Å². The molecule has 1 atom stereocenters. The van der Waals surface area contributed by atoms with Crippen LogP contribution in [0.1, 0.15) is 40.5 Å². The summed E-state index contributed by atoms with van der Waals surface area (Å²) >= 11 is 2.00. The third-order valence-electron chi connectivity index (χ3n) is 2.19. The molecule has 0 spiro atoms. The van der Waals surface area contributed by atoms with Gasteiger partial charge in [-0.1, -0.05) is 20.8 Å². The van der Waals surface area contributed by atoms with Crippen LogP contribution in [0, 0.1) is 5.92 Å². The molecule has 16 heavy (non-hydrogen) atoms. The average molecular weight is 245 g/mol. The van der Waals surface area contributed by atoms with Crippen LogP contribution in [0.15, 0.2) is 4.99 Å². The van der Waals surface area contributed by atoms with E-state index >= 15 is 0 Å². The summed E-state index contributed by atoms with van der Waals surface area (Å²) in [5.74, 6) is 3.79. The van der Waals surface area contributed by atoms with Crippen LogP contribution in [-0.4, -0.2) is 30.1 Å². The summed E-state index contributed by atoms with van der Waals surface area (Å²) in [5.41, 5.74) is 5.75. The molecule has 0 aliphatic heterocycles. The van der Waals surface area contributed by atoms with Crippen molar-refractivity contribution in [2.24, 2.45) is 16.6 Å². The SMILES string of the molecule is CCC(C)NC(N)=NCCCSCC(C)C. The normalized spacial score (nSPS) is 14.2. The second-order valence-electron chi connectivity index (χ2n) is 4.54. The number of hydrogen-bond acceptors (Lipinski definition) is 2. The van der Waals surface area contributed by atoms with E-state index in [0.29, 0.717) is 12.0 Å². The molecule has 0 aromatic carbocycles. The molecule has 0 aromatic rings. The Balaban J connectivity index is 3.44.